The normalized spacial score (nSPS) is 10.9. The molecule has 0 aliphatic carbocycles. The van der Waals surface area contributed by atoms with E-state index in [0.29, 0.717) is 3.95 Å². The second-order valence-electron chi connectivity index (χ2n) is 2.88. The van der Waals surface area contributed by atoms with Gasteiger partial charge >= 0.3 is 0 Å². The van der Waals surface area contributed by atoms with Gasteiger partial charge in [-0.2, -0.15) is 0 Å². The average molecular weight is 235 g/mol. The Balaban J connectivity index is 2.31. The van der Waals surface area contributed by atoms with Crippen molar-refractivity contribution < 1.29 is 0 Å². The molecule has 0 atom stereocenters. The van der Waals surface area contributed by atoms with E-state index in [1.165, 1.54) is 11.3 Å². The summed E-state index contributed by atoms with van der Waals surface area (Å²) >= 11 is 6.44. The van der Waals surface area contributed by atoms with Gasteiger partial charge in [-0.3, -0.25) is 10.1 Å². The minimum Gasteiger partial charge on any atom is -0.271 e. The fourth-order valence-corrected chi connectivity index (χ4v) is 2.24. The Bertz CT molecular complexity index is 650. The molecular weight excluding hydrogens is 230 g/mol. The molecule has 0 saturated heterocycles. The Hall–Kier alpha value is -1.60. The summed E-state index contributed by atoms with van der Waals surface area (Å²) in [6, 6.07) is 3.76. The molecule has 0 unspecified atom stereocenters. The molecule has 0 amide bonds. The third kappa shape index (κ3) is 1.36. The Morgan fingerprint density at radius 2 is 2.07 bits per heavy atom. The van der Waals surface area contributed by atoms with Crippen molar-refractivity contribution in [1.82, 2.24) is 24.8 Å². The first kappa shape index (κ1) is 8.69. The molecule has 74 valence electrons. The number of rotatable bonds is 1. The average Bonchev–Trinajstić information content (AvgIpc) is 2.77. The monoisotopic (exact) mass is 235 g/mol. The number of aromatic nitrogens is 5. The molecule has 7 heteroatoms. The standard InChI is InChI=1S/C8H5N5S2/c14-8-12-13-6(10-11-7(13)15-8)5-1-3-9-4-2-5/h1-4H,(H,12,14). The molecule has 0 bridgehead atoms. The molecule has 15 heavy (non-hydrogen) atoms. The Kier molecular flexibility index (Phi) is 1.86. The molecule has 0 saturated carbocycles. The number of aromatic amines is 1. The van der Waals surface area contributed by atoms with Crippen LogP contribution >= 0.6 is 23.6 Å². The second-order valence-corrected chi connectivity index (χ2v) is 4.52. The van der Waals surface area contributed by atoms with Crippen molar-refractivity contribution in [2.45, 2.75) is 0 Å². The van der Waals surface area contributed by atoms with Crippen LogP contribution in [0.1, 0.15) is 0 Å². The fourth-order valence-electron chi connectivity index (χ4n) is 1.32. The van der Waals surface area contributed by atoms with E-state index in [0.717, 1.165) is 16.3 Å². The van der Waals surface area contributed by atoms with Crippen LogP contribution in [0.4, 0.5) is 0 Å². The zero-order valence-corrected chi connectivity index (χ0v) is 9.05. The maximum absolute atomic E-state index is 5.04. The summed E-state index contributed by atoms with van der Waals surface area (Å²) in [7, 11) is 0. The van der Waals surface area contributed by atoms with Crippen molar-refractivity contribution in [2.75, 3.05) is 0 Å². The van der Waals surface area contributed by atoms with E-state index in [1.54, 1.807) is 16.9 Å². The van der Waals surface area contributed by atoms with E-state index in [9.17, 15) is 0 Å². The third-order valence-electron chi connectivity index (χ3n) is 1.96. The number of nitrogens with one attached hydrogen (secondary N) is 1. The predicted octanol–water partition coefficient (Wildman–Crippen LogP) is 1.91. The smallest absolute Gasteiger partial charge is 0.234 e. The van der Waals surface area contributed by atoms with Gasteiger partial charge in [0, 0.05) is 18.0 Å². The van der Waals surface area contributed by atoms with Crippen LogP contribution in [0.25, 0.3) is 16.3 Å². The van der Waals surface area contributed by atoms with Crippen molar-refractivity contribution in [3.8, 4) is 11.4 Å². The maximum Gasteiger partial charge on any atom is 0.234 e. The topological polar surface area (TPSA) is 58.9 Å². The van der Waals surface area contributed by atoms with Crippen LogP contribution < -0.4 is 0 Å². The van der Waals surface area contributed by atoms with Crippen molar-refractivity contribution in [2.24, 2.45) is 0 Å². The second kappa shape index (κ2) is 3.21. The molecule has 5 nitrogen and oxygen atoms in total. The number of hydrogen-bond donors (Lipinski definition) is 1. The van der Waals surface area contributed by atoms with Crippen molar-refractivity contribution in [1.29, 1.82) is 0 Å². The number of nitrogens with zero attached hydrogens (tertiary/aromatic N) is 4. The lowest BCUT2D eigenvalue weighted by molar-refractivity contribution is 0.958. The summed E-state index contributed by atoms with van der Waals surface area (Å²) in [6.07, 6.45) is 3.44. The van der Waals surface area contributed by atoms with Crippen LogP contribution in [-0.4, -0.2) is 24.8 Å². The zero-order valence-electron chi connectivity index (χ0n) is 7.41. The van der Waals surface area contributed by atoms with Crippen LogP contribution in [0.3, 0.4) is 0 Å². The lowest BCUT2D eigenvalue weighted by atomic mass is 10.2. The molecule has 0 aromatic carbocycles. The molecule has 0 aliphatic heterocycles. The van der Waals surface area contributed by atoms with E-state index in [2.05, 4.69) is 20.3 Å². The molecule has 3 rings (SSSR count). The Morgan fingerprint density at radius 1 is 1.27 bits per heavy atom. The number of pyridine rings is 1. The van der Waals surface area contributed by atoms with Gasteiger partial charge in [-0.15, -0.1) is 10.2 Å². The molecule has 3 aromatic heterocycles. The molecule has 1 N–H and O–H groups in total. The minimum atomic E-state index is 0.690. The minimum absolute atomic E-state index is 0.690. The van der Waals surface area contributed by atoms with Crippen LogP contribution in [0.15, 0.2) is 24.5 Å². The quantitative estimate of drug-likeness (QED) is 0.654. The largest absolute Gasteiger partial charge is 0.271 e. The molecule has 0 fully saturated rings. The highest BCUT2D eigenvalue weighted by atomic mass is 32.1. The highest BCUT2D eigenvalue weighted by molar-refractivity contribution is 7.73. The van der Waals surface area contributed by atoms with Gasteiger partial charge in [-0.1, -0.05) is 11.3 Å². The lowest BCUT2D eigenvalue weighted by Crippen LogP contribution is -1.89. The van der Waals surface area contributed by atoms with Crippen LogP contribution in [0, 0.1) is 3.95 Å². The first-order valence-corrected chi connectivity index (χ1v) is 5.42. The molecule has 0 aliphatic rings. The van der Waals surface area contributed by atoms with Gasteiger partial charge in [0.25, 0.3) is 0 Å². The SMILES string of the molecule is S=c1[nH]n2c(-c3ccncc3)nnc2s1. The summed E-state index contributed by atoms with van der Waals surface area (Å²) < 4.78 is 2.47. The van der Waals surface area contributed by atoms with Gasteiger partial charge in [0.2, 0.25) is 4.96 Å². The van der Waals surface area contributed by atoms with Crippen LogP contribution in [0.5, 0.6) is 0 Å². The zero-order chi connectivity index (χ0) is 10.3. The van der Waals surface area contributed by atoms with Gasteiger partial charge in [-0.05, 0) is 24.4 Å². The van der Waals surface area contributed by atoms with E-state index >= 15 is 0 Å². The van der Waals surface area contributed by atoms with E-state index in [1.807, 2.05) is 12.1 Å². The van der Waals surface area contributed by atoms with Gasteiger partial charge in [0.05, 0.1) is 0 Å². The lowest BCUT2D eigenvalue weighted by Gasteiger charge is -1.94. The maximum atomic E-state index is 5.04. The van der Waals surface area contributed by atoms with Gasteiger partial charge < -0.3 is 0 Å². The Labute approximate surface area is 93.4 Å². The van der Waals surface area contributed by atoms with E-state index < -0.39 is 0 Å². The highest BCUT2D eigenvalue weighted by Gasteiger charge is 2.08. The summed E-state index contributed by atoms with van der Waals surface area (Å²) in [4.78, 5) is 4.73. The Morgan fingerprint density at radius 3 is 2.87 bits per heavy atom. The molecule has 3 heterocycles. The van der Waals surface area contributed by atoms with Crippen molar-refractivity contribution >= 4 is 28.5 Å². The predicted molar refractivity (Wildman–Crippen MR) is 59.3 cm³/mol. The number of hydrogen-bond acceptors (Lipinski definition) is 5. The van der Waals surface area contributed by atoms with Gasteiger partial charge in [-0.25, -0.2) is 4.52 Å². The molecule has 3 aromatic rings. The fraction of sp³-hybridized carbons (Fsp3) is 0. The van der Waals surface area contributed by atoms with Crippen molar-refractivity contribution in [3.05, 3.63) is 28.5 Å². The molecule has 0 radical (unpaired) electrons. The van der Waals surface area contributed by atoms with E-state index in [4.69, 9.17) is 12.2 Å². The van der Waals surface area contributed by atoms with Gasteiger partial charge in [0.1, 0.15) is 0 Å². The highest BCUT2D eigenvalue weighted by Crippen LogP contribution is 2.18. The summed E-state index contributed by atoms with van der Waals surface area (Å²) in [5.41, 5.74) is 0.960. The van der Waals surface area contributed by atoms with Crippen LogP contribution in [-0.2, 0) is 0 Å². The summed E-state index contributed by atoms with van der Waals surface area (Å²) in [6.45, 7) is 0. The summed E-state index contributed by atoms with van der Waals surface area (Å²) in [5.74, 6) is 0.750. The molecule has 0 spiro atoms. The van der Waals surface area contributed by atoms with E-state index in [-0.39, 0.29) is 0 Å². The van der Waals surface area contributed by atoms with Gasteiger partial charge in [0.15, 0.2) is 9.78 Å². The number of fused-ring (bicyclic) bond motifs is 1. The number of H-pyrrole nitrogens is 1. The van der Waals surface area contributed by atoms with Crippen molar-refractivity contribution in [3.63, 3.8) is 0 Å². The summed E-state index contributed by atoms with van der Waals surface area (Å²) in [5, 5.41) is 11.1. The molecular formula is C8H5N5S2. The van der Waals surface area contributed by atoms with Crippen LogP contribution in [0.2, 0.25) is 0 Å². The first-order valence-electron chi connectivity index (χ1n) is 4.19. The first-order chi connectivity index (χ1) is 7.34. The third-order valence-corrected chi connectivity index (χ3v) is 3.02.